The van der Waals surface area contributed by atoms with E-state index in [1.54, 1.807) is 30.3 Å². The molecule has 1 aliphatic rings. The molecule has 0 aliphatic heterocycles. The van der Waals surface area contributed by atoms with Gasteiger partial charge in [-0.25, -0.2) is 8.42 Å². The van der Waals surface area contributed by atoms with Crippen molar-refractivity contribution in [3.05, 3.63) is 64.6 Å². The molecule has 0 saturated heterocycles. The molecule has 7 heteroatoms. The monoisotopic (exact) mass is 422 g/mol. The van der Waals surface area contributed by atoms with Crippen LogP contribution in [0.25, 0.3) is 0 Å². The molecule has 1 saturated carbocycles. The summed E-state index contributed by atoms with van der Waals surface area (Å²) in [6.07, 6.45) is 1.92. The fourth-order valence-corrected chi connectivity index (χ4v) is 4.09. The molecule has 1 aliphatic carbocycles. The maximum Gasteiger partial charge on any atom is 0.243 e. The van der Waals surface area contributed by atoms with E-state index in [1.165, 1.54) is 4.31 Å². The van der Waals surface area contributed by atoms with E-state index in [1.807, 2.05) is 24.3 Å². The molecule has 0 atom stereocenters. The van der Waals surface area contributed by atoms with Crippen LogP contribution >= 0.6 is 15.9 Å². The first-order valence-corrected chi connectivity index (χ1v) is 10.3. The molecular weight excluding hydrogens is 404 g/mol. The van der Waals surface area contributed by atoms with Crippen LogP contribution in [0.1, 0.15) is 18.4 Å². The van der Waals surface area contributed by atoms with Gasteiger partial charge in [0.2, 0.25) is 15.9 Å². The minimum atomic E-state index is -3.76. The van der Waals surface area contributed by atoms with Crippen molar-refractivity contribution in [2.24, 2.45) is 0 Å². The molecule has 1 fully saturated rings. The van der Waals surface area contributed by atoms with Crippen LogP contribution < -0.4 is 5.32 Å². The van der Waals surface area contributed by atoms with Crippen LogP contribution in [-0.4, -0.2) is 31.2 Å². The van der Waals surface area contributed by atoms with Gasteiger partial charge < -0.3 is 5.32 Å². The molecule has 0 spiro atoms. The van der Waals surface area contributed by atoms with Gasteiger partial charge in [0.25, 0.3) is 0 Å². The predicted octanol–water partition coefficient (Wildman–Crippen LogP) is 2.92. The van der Waals surface area contributed by atoms with E-state index in [9.17, 15) is 13.2 Å². The number of carbonyl (C=O) groups is 1. The summed E-state index contributed by atoms with van der Waals surface area (Å²) < 4.78 is 28.1. The lowest BCUT2D eigenvalue weighted by Crippen LogP contribution is -2.41. The van der Waals surface area contributed by atoms with E-state index in [0.29, 0.717) is 0 Å². The second kappa shape index (κ2) is 7.68. The van der Waals surface area contributed by atoms with Crippen LogP contribution in [0.4, 0.5) is 0 Å². The average molecular weight is 423 g/mol. The molecule has 0 heterocycles. The largest absolute Gasteiger partial charge is 0.352 e. The number of carbonyl (C=O) groups excluding carboxylic acids is 1. The molecule has 3 rings (SSSR count). The van der Waals surface area contributed by atoms with Gasteiger partial charge in [-0.15, -0.1) is 0 Å². The number of rotatable bonds is 7. The smallest absolute Gasteiger partial charge is 0.243 e. The van der Waals surface area contributed by atoms with E-state index in [0.717, 1.165) is 22.9 Å². The molecule has 1 amide bonds. The summed E-state index contributed by atoms with van der Waals surface area (Å²) in [5.74, 6) is -0.265. The first-order valence-electron chi connectivity index (χ1n) is 8.04. The molecule has 132 valence electrons. The lowest BCUT2D eigenvalue weighted by molar-refractivity contribution is -0.121. The molecule has 0 radical (unpaired) electrons. The molecule has 0 unspecified atom stereocenters. The number of hydrogen-bond acceptors (Lipinski definition) is 3. The molecule has 0 aromatic heterocycles. The topological polar surface area (TPSA) is 66.5 Å². The van der Waals surface area contributed by atoms with Crippen molar-refractivity contribution in [3.8, 4) is 0 Å². The second-order valence-corrected chi connectivity index (χ2v) is 8.91. The molecule has 2 aromatic carbocycles. The van der Waals surface area contributed by atoms with Crippen LogP contribution in [0, 0.1) is 0 Å². The van der Waals surface area contributed by atoms with Crippen LogP contribution in [0.2, 0.25) is 0 Å². The zero-order valence-corrected chi connectivity index (χ0v) is 16.0. The number of amides is 1. The predicted molar refractivity (Wildman–Crippen MR) is 99.3 cm³/mol. The Morgan fingerprint density at radius 2 is 1.72 bits per heavy atom. The van der Waals surface area contributed by atoms with Crippen LogP contribution in [0.5, 0.6) is 0 Å². The molecule has 0 bridgehead atoms. The molecule has 25 heavy (non-hydrogen) atoms. The lowest BCUT2D eigenvalue weighted by Gasteiger charge is -2.22. The minimum Gasteiger partial charge on any atom is -0.352 e. The van der Waals surface area contributed by atoms with Crippen molar-refractivity contribution in [2.75, 3.05) is 6.54 Å². The van der Waals surface area contributed by atoms with Gasteiger partial charge in [0.1, 0.15) is 0 Å². The highest BCUT2D eigenvalue weighted by molar-refractivity contribution is 9.10. The van der Waals surface area contributed by atoms with Crippen LogP contribution in [0.15, 0.2) is 64.0 Å². The third kappa shape index (κ3) is 4.90. The Kier molecular flexibility index (Phi) is 5.56. The normalized spacial score (nSPS) is 14.5. The van der Waals surface area contributed by atoms with Gasteiger partial charge >= 0.3 is 0 Å². The number of halogens is 1. The van der Waals surface area contributed by atoms with E-state index >= 15 is 0 Å². The Bertz CT molecular complexity index is 834. The Hall–Kier alpha value is -1.70. The summed E-state index contributed by atoms with van der Waals surface area (Å²) in [6.45, 7) is -0.0492. The Balaban J connectivity index is 1.84. The van der Waals surface area contributed by atoms with Gasteiger partial charge in [-0.3, -0.25) is 4.79 Å². The van der Waals surface area contributed by atoms with Crippen molar-refractivity contribution >= 4 is 31.9 Å². The summed E-state index contributed by atoms with van der Waals surface area (Å²) in [5.41, 5.74) is 0.821. The first-order chi connectivity index (χ1) is 11.9. The zero-order chi connectivity index (χ0) is 17.9. The number of sulfonamides is 1. The summed E-state index contributed by atoms with van der Waals surface area (Å²) in [5, 5.41) is 2.85. The SMILES string of the molecule is O=C(CN(Cc1ccc(Br)cc1)S(=O)(=O)c1ccccc1)NC1CC1. The van der Waals surface area contributed by atoms with Crippen molar-refractivity contribution in [2.45, 2.75) is 30.3 Å². The van der Waals surface area contributed by atoms with Crippen molar-refractivity contribution in [3.63, 3.8) is 0 Å². The quantitative estimate of drug-likeness (QED) is 0.745. The van der Waals surface area contributed by atoms with E-state index in [2.05, 4.69) is 21.2 Å². The number of hydrogen-bond donors (Lipinski definition) is 1. The van der Waals surface area contributed by atoms with Crippen molar-refractivity contribution < 1.29 is 13.2 Å². The third-order valence-corrected chi connectivity index (χ3v) is 6.25. The average Bonchev–Trinajstić information content (AvgIpc) is 3.41. The van der Waals surface area contributed by atoms with E-state index < -0.39 is 10.0 Å². The lowest BCUT2D eigenvalue weighted by atomic mass is 10.2. The highest BCUT2D eigenvalue weighted by atomic mass is 79.9. The number of nitrogens with one attached hydrogen (secondary N) is 1. The highest BCUT2D eigenvalue weighted by Gasteiger charge is 2.29. The van der Waals surface area contributed by atoms with Gasteiger partial charge in [-0.2, -0.15) is 4.31 Å². The van der Waals surface area contributed by atoms with E-state index in [4.69, 9.17) is 0 Å². The Morgan fingerprint density at radius 3 is 2.32 bits per heavy atom. The van der Waals surface area contributed by atoms with Gasteiger partial charge in [-0.1, -0.05) is 46.3 Å². The molecule has 1 N–H and O–H groups in total. The van der Waals surface area contributed by atoms with Crippen LogP contribution in [0.3, 0.4) is 0 Å². The summed E-state index contributed by atoms with van der Waals surface area (Å²) >= 11 is 3.37. The van der Waals surface area contributed by atoms with Gasteiger partial charge in [0.05, 0.1) is 11.4 Å². The summed E-state index contributed by atoms with van der Waals surface area (Å²) in [4.78, 5) is 12.4. The van der Waals surface area contributed by atoms with Crippen molar-refractivity contribution in [1.29, 1.82) is 0 Å². The van der Waals surface area contributed by atoms with Crippen LogP contribution in [-0.2, 0) is 21.4 Å². The Morgan fingerprint density at radius 1 is 1.08 bits per heavy atom. The fourth-order valence-electron chi connectivity index (χ4n) is 2.42. The standard InChI is InChI=1S/C18H19BrN2O3S/c19-15-8-6-14(7-9-15)12-21(13-18(22)20-16-10-11-16)25(23,24)17-4-2-1-3-5-17/h1-9,16H,10-13H2,(H,20,22). The minimum absolute atomic E-state index is 0.141. The van der Waals surface area contributed by atoms with Gasteiger partial charge in [0.15, 0.2) is 0 Å². The molecule has 5 nitrogen and oxygen atoms in total. The first kappa shape index (κ1) is 18.1. The Labute approximate surface area is 156 Å². The fraction of sp³-hybridized carbons (Fsp3) is 0.278. The summed E-state index contributed by atoms with van der Waals surface area (Å²) in [6, 6.07) is 15.8. The maximum atomic E-state index is 13.0. The van der Waals surface area contributed by atoms with Gasteiger partial charge in [0, 0.05) is 17.1 Å². The number of nitrogens with zero attached hydrogens (tertiary/aromatic N) is 1. The second-order valence-electron chi connectivity index (χ2n) is 6.05. The summed E-state index contributed by atoms with van der Waals surface area (Å²) in [7, 11) is -3.76. The maximum absolute atomic E-state index is 13.0. The van der Waals surface area contributed by atoms with E-state index in [-0.39, 0.29) is 29.9 Å². The molecular formula is C18H19BrN2O3S. The molecule has 2 aromatic rings. The third-order valence-electron chi connectivity index (χ3n) is 3.92. The van der Waals surface area contributed by atoms with Crippen molar-refractivity contribution in [1.82, 2.24) is 9.62 Å². The number of benzene rings is 2. The van der Waals surface area contributed by atoms with Gasteiger partial charge in [-0.05, 0) is 42.7 Å². The zero-order valence-electron chi connectivity index (χ0n) is 13.6. The highest BCUT2D eigenvalue weighted by Crippen LogP contribution is 2.21.